The summed E-state index contributed by atoms with van der Waals surface area (Å²) in [6.07, 6.45) is 0. The van der Waals surface area contributed by atoms with Gasteiger partial charge in [0.05, 0.1) is 5.57 Å². The summed E-state index contributed by atoms with van der Waals surface area (Å²) in [6.45, 7) is 2.74. The number of amides is 1. The Morgan fingerprint density at radius 1 is 1.18 bits per heavy atom. The van der Waals surface area contributed by atoms with Crippen LogP contribution in [-0.4, -0.2) is 17.1 Å². The molecule has 1 aromatic heterocycles. The Labute approximate surface area is 169 Å². The molecule has 2 aliphatic heterocycles. The van der Waals surface area contributed by atoms with Gasteiger partial charge in [0.2, 0.25) is 0 Å². The van der Waals surface area contributed by atoms with Crippen LogP contribution in [-0.2, 0) is 11.5 Å². The molecule has 0 unspecified atom stereocenters. The van der Waals surface area contributed by atoms with Gasteiger partial charge in [-0.15, -0.1) is 0 Å². The van der Waals surface area contributed by atoms with E-state index in [9.17, 15) is 9.59 Å². The Morgan fingerprint density at radius 2 is 2.00 bits per heavy atom. The molecule has 1 amide bonds. The monoisotopic (exact) mass is 410 g/mol. The lowest BCUT2D eigenvalue weighted by Crippen LogP contribution is -2.43. The number of hydrogen-bond acceptors (Lipinski definition) is 5. The van der Waals surface area contributed by atoms with Gasteiger partial charge in [-0.1, -0.05) is 47.2 Å². The molecule has 0 bridgehead atoms. The highest BCUT2D eigenvalue weighted by molar-refractivity contribution is 7.07. The maximum Gasteiger partial charge on any atom is 0.272 e. The zero-order valence-corrected chi connectivity index (χ0v) is 16.5. The minimum atomic E-state index is -0.250. The van der Waals surface area contributed by atoms with Crippen molar-refractivity contribution < 1.29 is 4.79 Å². The highest BCUT2D eigenvalue weighted by atomic mass is 35.5. The molecular formula is C20H15ClN4O2S. The SMILES string of the molecule is Cc1ccc(N2CN=c3sc(=C4C(=O)Nc5ccccc54)c(=O)n3C2)cc1Cl. The minimum Gasteiger partial charge on any atom is -0.334 e. The third-order valence-electron chi connectivity index (χ3n) is 4.97. The number of carbonyl (C=O) groups excluding carboxylic acids is 1. The number of anilines is 2. The van der Waals surface area contributed by atoms with Crippen molar-refractivity contribution in [3.05, 3.63) is 78.3 Å². The summed E-state index contributed by atoms with van der Waals surface area (Å²) in [6, 6.07) is 13.2. The molecule has 6 nitrogen and oxygen atoms in total. The summed E-state index contributed by atoms with van der Waals surface area (Å²) in [4.78, 5) is 32.8. The molecule has 5 rings (SSSR count). The first kappa shape index (κ1) is 17.2. The molecule has 3 aromatic rings. The lowest BCUT2D eigenvalue weighted by molar-refractivity contribution is -0.110. The van der Waals surface area contributed by atoms with Gasteiger partial charge in [-0.2, -0.15) is 0 Å². The Balaban J connectivity index is 1.63. The first-order valence-electron chi connectivity index (χ1n) is 8.73. The fourth-order valence-electron chi connectivity index (χ4n) is 3.45. The highest BCUT2D eigenvalue weighted by Gasteiger charge is 2.27. The number of hydrogen-bond donors (Lipinski definition) is 1. The molecule has 0 atom stereocenters. The largest absolute Gasteiger partial charge is 0.334 e. The molecule has 2 aromatic carbocycles. The van der Waals surface area contributed by atoms with Crippen LogP contribution in [0.25, 0.3) is 5.57 Å². The Hall–Kier alpha value is -2.90. The van der Waals surface area contributed by atoms with Gasteiger partial charge in [0, 0.05) is 22.0 Å². The van der Waals surface area contributed by atoms with Gasteiger partial charge in [0.1, 0.15) is 17.9 Å². The lowest BCUT2D eigenvalue weighted by atomic mass is 10.1. The lowest BCUT2D eigenvalue weighted by Gasteiger charge is -2.26. The van der Waals surface area contributed by atoms with Crippen LogP contribution in [0.15, 0.2) is 52.3 Å². The van der Waals surface area contributed by atoms with Gasteiger partial charge in [0.25, 0.3) is 11.5 Å². The van der Waals surface area contributed by atoms with Crippen LogP contribution in [0.1, 0.15) is 11.1 Å². The van der Waals surface area contributed by atoms with Crippen molar-refractivity contribution in [3.63, 3.8) is 0 Å². The van der Waals surface area contributed by atoms with Crippen molar-refractivity contribution in [2.75, 3.05) is 16.9 Å². The fourth-order valence-corrected chi connectivity index (χ4v) is 4.68. The van der Waals surface area contributed by atoms with Gasteiger partial charge in [-0.25, -0.2) is 4.99 Å². The van der Waals surface area contributed by atoms with E-state index in [1.165, 1.54) is 11.3 Å². The van der Waals surface area contributed by atoms with E-state index >= 15 is 0 Å². The predicted molar refractivity (Wildman–Crippen MR) is 110 cm³/mol. The van der Waals surface area contributed by atoms with Gasteiger partial charge >= 0.3 is 0 Å². The van der Waals surface area contributed by atoms with Crippen LogP contribution in [0.2, 0.25) is 5.02 Å². The Kier molecular flexibility index (Phi) is 3.89. The van der Waals surface area contributed by atoms with E-state index < -0.39 is 0 Å². The molecule has 140 valence electrons. The number of para-hydroxylation sites is 1. The van der Waals surface area contributed by atoms with E-state index in [1.54, 1.807) is 4.57 Å². The fraction of sp³-hybridized carbons (Fsp3) is 0.150. The van der Waals surface area contributed by atoms with Gasteiger partial charge in [-0.3, -0.25) is 14.2 Å². The number of rotatable bonds is 1. The summed E-state index contributed by atoms with van der Waals surface area (Å²) in [5.41, 5.74) is 3.61. The van der Waals surface area contributed by atoms with E-state index in [2.05, 4.69) is 10.3 Å². The normalized spacial score (nSPS) is 17.1. The minimum absolute atomic E-state index is 0.200. The molecule has 0 aliphatic carbocycles. The molecule has 0 spiro atoms. The number of thiazole rings is 1. The molecule has 3 heterocycles. The average Bonchev–Trinajstić information content (AvgIpc) is 3.19. The number of carbonyl (C=O) groups is 1. The topological polar surface area (TPSA) is 66.7 Å². The summed E-state index contributed by atoms with van der Waals surface area (Å²) < 4.78 is 2.03. The van der Waals surface area contributed by atoms with E-state index in [0.29, 0.717) is 33.3 Å². The van der Waals surface area contributed by atoms with E-state index in [-0.39, 0.29) is 11.5 Å². The summed E-state index contributed by atoms with van der Waals surface area (Å²) >= 11 is 7.51. The van der Waals surface area contributed by atoms with Crippen LogP contribution >= 0.6 is 22.9 Å². The smallest absolute Gasteiger partial charge is 0.272 e. The quantitative estimate of drug-likeness (QED) is 0.668. The maximum absolute atomic E-state index is 13.1. The first-order valence-corrected chi connectivity index (χ1v) is 9.92. The van der Waals surface area contributed by atoms with Gasteiger partial charge < -0.3 is 10.2 Å². The van der Waals surface area contributed by atoms with Crippen molar-refractivity contribution in [2.45, 2.75) is 13.6 Å². The summed E-state index contributed by atoms with van der Waals surface area (Å²) in [7, 11) is 0. The number of fused-ring (bicyclic) bond motifs is 2. The van der Waals surface area contributed by atoms with Crippen LogP contribution in [0.3, 0.4) is 0 Å². The van der Waals surface area contributed by atoms with Gasteiger partial charge in [-0.05, 0) is 30.7 Å². The van der Waals surface area contributed by atoms with Crippen molar-refractivity contribution >= 4 is 45.8 Å². The number of benzene rings is 2. The van der Waals surface area contributed by atoms with E-state index in [1.807, 2.05) is 54.3 Å². The predicted octanol–water partition coefficient (Wildman–Crippen LogP) is 2.08. The van der Waals surface area contributed by atoms with E-state index in [4.69, 9.17) is 11.6 Å². The number of aromatic nitrogens is 1. The van der Waals surface area contributed by atoms with Crippen LogP contribution < -0.4 is 25.1 Å². The average molecular weight is 411 g/mol. The molecule has 0 fully saturated rings. The number of nitrogens with one attached hydrogen (secondary N) is 1. The van der Waals surface area contributed by atoms with Crippen LogP contribution in [0.4, 0.5) is 11.4 Å². The van der Waals surface area contributed by atoms with Crippen LogP contribution in [0, 0.1) is 6.92 Å². The highest BCUT2D eigenvalue weighted by Crippen LogP contribution is 2.29. The molecule has 2 aliphatic rings. The third kappa shape index (κ3) is 2.58. The number of aryl methyl sites for hydroxylation is 1. The molecule has 28 heavy (non-hydrogen) atoms. The summed E-state index contributed by atoms with van der Waals surface area (Å²) in [5, 5.41) is 3.50. The van der Waals surface area contributed by atoms with Crippen molar-refractivity contribution in [1.29, 1.82) is 0 Å². The standard InChI is InChI=1S/C20H15ClN4O2S/c1-11-6-7-12(8-14(11)21)24-9-22-20-25(10-24)19(27)17(28-20)16-13-4-2-3-5-15(13)23-18(16)26/h2-8H,9-10H2,1H3,(H,23,26). The first-order chi connectivity index (χ1) is 13.5. The molecule has 1 N–H and O–H groups in total. The second-order valence-electron chi connectivity index (χ2n) is 6.74. The molecule has 0 radical (unpaired) electrons. The summed E-state index contributed by atoms with van der Waals surface area (Å²) in [5.74, 6) is -0.250. The zero-order valence-electron chi connectivity index (χ0n) is 14.9. The maximum atomic E-state index is 13.1. The number of nitrogens with zero attached hydrogens (tertiary/aromatic N) is 3. The van der Waals surface area contributed by atoms with E-state index in [0.717, 1.165) is 22.5 Å². The molecular weight excluding hydrogens is 396 g/mol. The Morgan fingerprint density at radius 3 is 2.82 bits per heavy atom. The second kappa shape index (κ2) is 6.32. The van der Waals surface area contributed by atoms with Crippen molar-refractivity contribution in [2.24, 2.45) is 4.99 Å². The zero-order chi connectivity index (χ0) is 19.4. The van der Waals surface area contributed by atoms with Crippen molar-refractivity contribution in [1.82, 2.24) is 4.57 Å². The van der Waals surface area contributed by atoms with Crippen molar-refractivity contribution in [3.8, 4) is 0 Å². The van der Waals surface area contributed by atoms with Gasteiger partial charge in [0.15, 0.2) is 4.80 Å². The third-order valence-corrected chi connectivity index (χ3v) is 6.49. The second-order valence-corrected chi connectivity index (χ2v) is 8.12. The molecule has 0 saturated heterocycles. The molecule has 0 saturated carbocycles. The molecule has 8 heteroatoms. The number of halogens is 1. The van der Waals surface area contributed by atoms with Crippen LogP contribution in [0.5, 0.6) is 0 Å². The Bertz CT molecular complexity index is 1320.